The fourth-order valence-corrected chi connectivity index (χ4v) is 1.48. The van der Waals surface area contributed by atoms with Gasteiger partial charge in [0.1, 0.15) is 11.7 Å². The van der Waals surface area contributed by atoms with Gasteiger partial charge in [0, 0.05) is 6.07 Å². The Balaban J connectivity index is 0.000000200. The largest absolute Gasteiger partial charge is 0.480 e. The second-order valence-corrected chi connectivity index (χ2v) is 3.79. The van der Waals surface area contributed by atoms with E-state index in [0.717, 1.165) is 25.5 Å². The third kappa shape index (κ3) is 4.76. The zero-order valence-electron chi connectivity index (χ0n) is 9.80. The predicted molar refractivity (Wildman–Crippen MR) is 63.3 cm³/mol. The molecule has 2 rings (SSSR count). The quantitative estimate of drug-likeness (QED) is 0.442. The zero-order chi connectivity index (χ0) is 14.4. The highest BCUT2D eigenvalue weighted by molar-refractivity contribution is 5.84. The smallest absolute Gasteiger partial charge is 0.352 e. The van der Waals surface area contributed by atoms with Gasteiger partial charge in [0.25, 0.3) is 5.56 Å². The summed E-state index contributed by atoms with van der Waals surface area (Å²) in [6.45, 7) is 0.858. The van der Waals surface area contributed by atoms with Gasteiger partial charge in [-0.15, -0.1) is 0 Å². The molecule has 0 aromatic carbocycles. The van der Waals surface area contributed by atoms with Crippen LogP contribution in [-0.4, -0.2) is 44.7 Å². The number of aromatic nitrogens is 2. The summed E-state index contributed by atoms with van der Waals surface area (Å²) in [5.41, 5.74) is -1.97. The van der Waals surface area contributed by atoms with E-state index in [4.69, 9.17) is 10.2 Å². The van der Waals surface area contributed by atoms with Crippen LogP contribution in [0.15, 0.2) is 15.7 Å². The van der Waals surface area contributed by atoms with E-state index in [0.29, 0.717) is 0 Å². The molecule has 1 aliphatic rings. The van der Waals surface area contributed by atoms with Crippen LogP contribution in [0.1, 0.15) is 23.3 Å². The van der Waals surface area contributed by atoms with E-state index in [-0.39, 0.29) is 6.04 Å². The predicted octanol–water partition coefficient (Wildman–Crippen LogP) is -1.42. The van der Waals surface area contributed by atoms with Crippen molar-refractivity contribution in [1.82, 2.24) is 15.3 Å². The summed E-state index contributed by atoms with van der Waals surface area (Å²) in [6.07, 6.45) is 1.78. The number of aromatic carboxylic acids is 1. The van der Waals surface area contributed by atoms with Crippen LogP contribution in [0.2, 0.25) is 0 Å². The molecule has 1 aromatic heterocycles. The van der Waals surface area contributed by atoms with Crippen molar-refractivity contribution in [3.05, 3.63) is 32.6 Å². The average molecular weight is 271 g/mol. The maximum atomic E-state index is 10.5. The summed E-state index contributed by atoms with van der Waals surface area (Å²) in [7, 11) is 0. The highest BCUT2D eigenvalue weighted by atomic mass is 16.4. The van der Waals surface area contributed by atoms with Crippen molar-refractivity contribution in [2.75, 3.05) is 6.54 Å². The molecule has 0 radical (unpaired) electrons. The van der Waals surface area contributed by atoms with E-state index < -0.39 is 28.9 Å². The molecule has 0 aliphatic carbocycles. The maximum absolute atomic E-state index is 10.5. The number of carbonyl (C=O) groups is 2. The minimum atomic E-state index is -1.34. The summed E-state index contributed by atoms with van der Waals surface area (Å²) in [6, 6.07) is 0.527. The van der Waals surface area contributed by atoms with Crippen LogP contribution in [0, 0.1) is 0 Å². The Morgan fingerprint density at radius 3 is 2.26 bits per heavy atom. The van der Waals surface area contributed by atoms with E-state index in [1.165, 1.54) is 0 Å². The molecule has 19 heavy (non-hydrogen) atoms. The molecule has 5 N–H and O–H groups in total. The van der Waals surface area contributed by atoms with E-state index in [1.54, 1.807) is 0 Å². The van der Waals surface area contributed by atoms with Crippen LogP contribution >= 0.6 is 0 Å². The monoisotopic (exact) mass is 271 g/mol. The van der Waals surface area contributed by atoms with Gasteiger partial charge in [0.15, 0.2) is 0 Å². The molecule has 1 fully saturated rings. The van der Waals surface area contributed by atoms with Crippen LogP contribution in [0.3, 0.4) is 0 Å². The third-order valence-electron chi connectivity index (χ3n) is 2.35. The number of hydrogen-bond acceptors (Lipinski definition) is 5. The summed E-state index contributed by atoms with van der Waals surface area (Å²) >= 11 is 0. The minimum absolute atomic E-state index is 0.269. The molecule has 1 saturated heterocycles. The van der Waals surface area contributed by atoms with Crippen molar-refractivity contribution in [2.24, 2.45) is 0 Å². The summed E-state index contributed by atoms with van der Waals surface area (Å²) in [5, 5.41) is 19.5. The van der Waals surface area contributed by atoms with Gasteiger partial charge in [-0.1, -0.05) is 0 Å². The van der Waals surface area contributed by atoms with Crippen LogP contribution < -0.4 is 16.6 Å². The molecule has 1 aliphatic heterocycles. The fourth-order valence-electron chi connectivity index (χ4n) is 1.48. The molecule has 104 valence electrons. The highest BCUT2D eigenvalue weighted by Crippen LogP contribution is 2.03. The molecule has 9 nitrogen and oxygen atoms in total. The van der Waals surface area contributed by atoms with Crippen LogP contribution in [0.25, 0.3) is 0 Å². The molecule has 2 heterocycles. The number of carboxylic acids is 2. The van der Waals surface area contributed by atoms with Gasteiger partial charge in [-0.3, -0.25) is 14.6 Å². The Hall–Kier alpha value is -2.42. The molecule has 1 aromatic rings. The van der Waals surface area contributed by atoms with Crippen molar-refractivity contribution >= 4 is 11.9 Å². The van der Waals surface area contributed by atoms with E-state index >= 15 is 0 Å². The van der Waals surface area contributed by atoms with Gasteiger partial charge in [-0.25, -0.2) is 9.59 Å². The molecular formula is C10H13N3O6. The minimum Gasteiger partial charge on any atom is -0.480 e. The van der Waals surface area contributed by atoms with E-state index in [2.05, 4.69) is 5.32 Å². The van der Waals surface area contributed by atoms with E-state index in [1.807, 2.05) is 9.97 Å². The summed E-state index contributed by atoms with van der Waals surface area (Å²) < 4.78 is 0. The first-order valence-corrected chi connectivity index (χ1v) is 5.43. The van der Waals surface area contributed by atoms with Gasteiger partial charge < -0.3 is 20.5 Å². The van der Waals surface area contributed by atoms with Gasteiger partial charge >= 0.3 is 17.6 Å². The van der Waals surface area contributed by atoms with Crippen LogP contribution in [0.4, 0.5) is 0 Å². The summed E-state index contributed by atoms with van der Waals surface area (Å²) in [4.78, 5) is 45.0. The molecule has 0 saturated carbocycles. The maximum Gasteiger partial charge on any atom is 0.352 e. The Bertz CT molecular complexity index is 541. The number of aromatic amines is 2. The average Bonchev–Trinajstić information content (AvgIpc) is 2.81. The van der Waals surface area contributed by atoms with Gasteiger partial charge in [0.05, 0.1) is 0 Å². The number of H-pyrrole nitrogens is 2. The van der Waals surface area contributed by atoms with Gasteiger partial charge in [0.2, 0.25) is 0 Å². The second-order valence-electron chi connectivity index (χ2n) is 3.79. The van der Waals surface area contributed by atoms with Crippen molar-refractivity contribution < 1.29 is 19.8 Å². The number of hydrogen-bond donors (Lipinski definition) is 5. The Morgan fingerprint density at radius 2 is 1.89 bits per heavy atom. The molecule has 0 bridgehead atoms. The fraction of sp³-hybridized carbons (Fsp3) is 0.400. The third-order valence-corrected chi connectivity index (χ3v) is 2.35. The first-order valence-electron chi connectivity index (χ1n) is 5.43. The van der Waals surface area contributed by atoms with Crippen molar-refractivity contribution in [3.63, 3.8) is 0 Å². The number of carboxylic acid groups (broad SMARTS) is 2. The lowest BCUT2D eigenvalue weighted by atomic mass is 10.2. The summed E-state index contributed by atoms with van der Waals surface area (Å²) in [5.74, 6) is -2.06. The normalized spacial score (nSPS) is 17.4. The molecule has 0 amide bonds. The first kappa shape index (κ1) is 14.6. The number of rotatable bonds is 2. The highest BCUT2D eigenvalue weighted by Gasteiger charge is 2.20. The Morgan fingerprint density at radius 1 is 1.21 bits per heavy atom. The zero-order valence-corrected chi connectivity index (χ0v) is 9.80. The van der Waals surface area contributed by atoms with E-state index in [9.17, 15) is 19.2 Å². The molecule has 1 atom stereocenters. The number of nitrogens with one attached hydrogen (secondary N) is 3. The molecular weight excluding hydrogens is 258 g/mol. The van der Waals surface area contributed by atoms with Gasteiger partial charge in [-0.05, 0) is 19.4 Å². The molecule has 0 spiro atoms. The SMILES string of the molecule is O=C(O)[C@@H]1CCCN1.O=C(O)c1cc(=O)[nH]c(=O)[nH]1. The lowest BCUT2D eigenvalue weighted by molar-refractivity contribution is -0.139. The van der Waals surface area contributed by atoms with Gasteiger partial charge in [-0.2, -0.15) is 0 Å². The van der Waals surface area contributed by atoms with Crippen molar-refractivity contribution in [2.45, 2.75) is 18.9 Å². The second kappa shape index (κ2) is 6.50. The Labute approximate surface area is 106 Å². The topological polar surface area (TPSA) is 152 Å². The van der Waals surface area contributed by atoms with Crippen LogP contribution in [0.5, 0.6) is 0 Å². The van der Waals surface area contributed by atoms with Crippen molar-refractivity contribution in [3.8, 4) is 0 Å². The van der Waals surface area contributed by atoms with Crippen molar-refractivity contribution in [1.29, 1.82) is 0 Å². The standard InChI is InChI=1S/C5H4N2O4.C5H9NO2/c8-3-1-2(4(9)10)6-5(11)7-3;7-5(8)4-2-1-3-6-4/h1H,(H,9,10)(H2,6,7,8,11);4,6H,1-3H2,(H,7,8)/t;4-/m.0/s1. The lowest BCUT2D eigenvalue weighted by Gasteiger charge is -1.99. The number of aliphatic carboxylic acids is 1. The first-order chi connectivity index (χ1) is 8.90. The lowest BCUT2D eigenvalue weighted by Crippen LogP contribution is -2.29. The van der Waals surface area contributed by atoms with Crippen LogP contribution in [-0.2, 0) is 4.79 Å². The molecule has 0 unspecified atom stereocenters. The molecule has 9 heteroatoms. The Kier molecular flexibility index (Phi) is 5.01.